The van der Waals surface area contributed by atoms with Gasteiger partial charge in [0.1, 0.15) is 23.8 Å². The molecule has 0 bridgehead atoms. The van der Waals surface area contributed by atoms with Gasteiger partial charge < -0.3 is 14.5 Å². The quantitative estimate of drug-likeness (QED) is 0.879. The first-order valence-electron chi connectivity index (χ1n) is 5.97. The van der Waals surface area contributed by atoms with Gasteiger partial charge in [0.05, 0.1) is 12.2 Å². The number of aryl methyl sites for hydroxylation is 2. The van der Waals surface area contributed by atoms with Crippen LogP contribution in [0, 0.1) is 13.8 Å². The molecule has 0 saturated heterocycles. The van der Waals surface area contributed by atoms with Crippen molar-refractivity contribution < 1.29 is 9.15 Å². The molecule has 2 aromatic rings. The van der Waals surface area contributed by atoms with Gasteiger partial charge in [-0.25, -0.2) is 0 Å². The molecule has 5 nitrogen and oxygen atoms in total. The molecule has 0 radical (unpaired) electrons. The van der Waals surface area contributed by atoms with E-state index in [4.69, 9.17) is 9.15 Å². The number of furan rings is 1. The van der Waals surface area contributed by atoms with Crippen LogP contribution in [-0.2, 0) is 20.2 Å². The highest BCUT2D eigenvalue weighted by atomic mass is 16.5. The average molecular weight is 249 g/mol. The molecule has 0 spiro atoms. The van der Waals surface area contributed by atoms with Gasteiger partial charge in [0.25, 0.3) is 0 Å². The van der Waals surface area contributed by atoms with Crippen LogP contribution in [0.5, 0.6) is 5.75 Å². The third kappa shape index (κ3) is 2.56. The lowest BCUT2D eigenvalue weighted by Crippen LogP contribution is -2.03. The van der Waals surface area contributed by atoms with Crippen LogP contribution in [-0.4, -0.2) is 16.8 Å². The van der Waals surface area contributed by atoms with E-state index in [0.717, 1.165) is 35.2 Å². The molecule has 1 N–H and O–H groups in total. The van der Waals surface area contributed by atoms with Gasteiger partial charge in [-0.2, -0.15) is 5.10 Å². The van der Waals surface area contributed by atoms with Crippen molar-refractivity contribution in [3.63, 3.8) is 0 Å². The summed E-state index contributed by atoms with van der Waals surface area (Å²) in [5.74, 6) is 2.57. The number of aromatic nitrogens is 2. The Labute approximate surface area is 107 Å². The van der Waals surface area contributed by atoms with E-state index in [1.807, 2.05) is 44.8 Å². The highest BCUT2D eigenvalue weighted by Crippen LogP contribution is 2.22. The summed E-state index contributed by atoms with van der Waals surface area (Å²) < 4.78 is 13.2. The first-order chi connectivity index (χ1) is 8.61. The minimum atomic E-state index is 0.428. The summed E-state index contributed by atoms with van der Waals surface area (Å²) in [6.45, 7) is 5.09. The van der Waals surface area contributed by atoms with Crippen LogP contribution in [0.25, 0.3) is 0 Å². The summed E-state index contributed by atoms with van der Waals surface area (Å²) in [7, 11) is 3.80. The third-order valence-corrected chi connectivity index (χ3v) is 2.87. The van der Waals surface area contributed by atoms with E-state index >= 15 is 0 Å². The SMILES string of the molecule is CNCc1ccc(COc2c(C)nn(C)c2C)o1. The Bertz CT molecular complexity index is 528. The molecule has 0 aliphatic rings. The zero-order valence-corrected chi connectivity index (χ0v) is 11.3. The lowest BCUT2D eigenvalue weighted by Gasteiger charge is -2.04. The second-order valence-electron chi connectivity index (χ2n) is 4.31. The van der Waals surface area contributed by atoms with Crippen molar-refractivity contribution in [2.45, 2.75) is 27.0 Å². The van der Waals surface area contributed by atoms with E-state index in [2.05, 4.69) is 10.4 Å². The van der Waals surface area contributed by atoms with Gasteiger partial charge in [-0.3, -0.25) is 4.68 Å². The number of nitrogens with zero attached hydrogens (tertiary/aromatic N) is 2. The van der Waals surface area contributed by atoms with E-state index in [1.165, 1.54) is 0 Å². The average Bonchev–Trinajstić information content (AvgIpc) is 2.85. The van der Waals surface area contributed by atoms with Gasteiger partial charge in [-0.05, 0) is 33.0 Å². The summed E-state index contributed by atoms with van der Waals surface area (Å²) in [6, 6.07) is 3.89. The Balaban J connectivity index is 2.02. The van der Waals surface area contributed by atoms with Crippen molar-refractivity contribution in [1.82, 2.24) is 15.1 Å². The predicted molar refractivity (Wildman–Crippen MR) is 68.5 cm³/mol. The Morgan fingerprint density at radius 3 is 2.67 bits per heavy atom. The highest BCUT2D eigenvalue weighted by molar-refractivity contribution is 5.31. The Kier molecular flexibility index (Phi) is 3.72. The van der Waals surface area contributed by atoms with Crippen LogP contribution < -0.4 is 10.1 Å². The molecule has 0 aliphatic carbocycles. The van der Waals surface area contributed by atoms with Gasteiger partial charge in [-0.15, -0.1) is 0 Å². The molecule has 0 unspecified atom stereocenters. The van der Waals surface area contributed by atoms with Crippen LogP contribution in [0.15, 0.2) is 16.5 Å². The van der Waals surface area contributed by atoms with Gasteiger partial charge in [-0.1, -0.05) is 0 Å². The topological polar surface area (TPSA) is 52.2 Å². The molecular formula is C13H19N3O2. The van der Waals surface area contributed by atoms with Crippen LogP contribution in [0.4, 0.5) is 0 Å². The number of hydrogen-bond donors (Lipinski definition) is 1. The second-order valence-corrected chi connectivity index (χ2v) is 4.31. The lowest BCUT2D eigenvalue weighted by atomic mass is 10.3. The number of ether oxygens (including phenoxy) is 1. The fourth-order valence-electron chi connectivity index (χ4n) is 1.88. The second kappa shape index (κ2) is 5.27. The molecule has 0 fully saturated rings. The molecule has 2 heterocycles. The first-order valence-corrected chi connectivity index (χ1v) is 5.97. The molecule has 0 saturated carbocycles. The van der Waals surface area contributed by atoms with E-state index in [0.29, 0.717) is 6.61 Å². The largest absolute Gasteiger partial charge is 0.482 e. The summed E-state index contributed by atoms with van der Waals surface area (Å²) in [6.07, 6.45) is 0. The summed E-state index contributed by atoms with van der Waals surface area (Å²) in [5.41, 5.74) is 1.92. The summed E-state index contributed by atoms with van der Waals surface area (Å²) >= 11 is 0. The minimum Gasteiger partial charge on any atom is -0.482 e. The molecule has 2 rings (SSSR count). The maximum Gasteiger partial charge on any atom is 0.163 e. The van der Waals surface area contributed by atoms with Gasteiger partial charge >= 0.3 is 0 Å². The van der Waals surface area contributed by atoms with Crippen LogP contribution in [0.3, 0.4) is 0 Å². The minimum absolute atomic E-state index is 0.428. The molecule has 0 amide bonds. The summed E-state index contributed by atoms with van der Waals surface area (Å²) in [5, 5.41) is 7.35. The zero-order valence-electron chi connectivity index (χ0n) is 11.3. The molecule has 18 heavy (non-hydrogen) atoms. The van der Waals surface area contributed by atoms with Crippen LogP contribution in [0.2, 0.25) is 0 Å². The van der Waals surface area contributed by atoms with Crippen LogP contribution in [0.1, 0.15) is 22.9 Å². The van der Waals surface area contributed by atoms with Crippen molar-refractivity contribution in [3.05, 3.63) is 35.0 Å². The highest BCUT2D eigenvalue weighted by Gasteiger charge is 2.11. The van der Waals surface area contributed by atoms with E-state index < -0.39 is 0 Å². The number of hydrogen-bond acceptors (Lipinski definition) is 4. The van der Waals surface area contributed by atoms with Gasteiger partial charge in [0.15, 0.2) is 5.75 Å². The van der Waals surface area contributed by atoms with Crippen molar-refractivity contribution in [2.75, 3.05) is 7.05 Å². The maximum atomic E-state index is 5.77. The third-order valence-electron chi connectivity index (χ3n) is 2.87. The van der Waals surface area contributed by atoms with E-state index in [9.17, 15) is 0 Å². The zero-order chi connectivity index (χ0) is 13.1. The Morgan fingerprint density at radius 2 is 2.06 bits per heavy atom. The van der Waals surface area contributed by atoms with Crippen molar-refractivity contribution >= 4 is 0 Å². The molecule has 0 atom stereocenters. The number of rotatable bonds is 5. The predicted octanol–water partition coefficient (Wildman–Crippen LogP) is 1.93. The first kappa shape index (κ1) is 12.7. The monoisotopic (exact) mass is 249 g/mol. The molecule has 98 valence electrons. The molecule has 0 aliphatic heterocycles. The fraction of sp³-hybridized carbons (Fsp3) is 0.462. The Hall–Kier alpha value is -1.75. The van der Waals surface area contributed by atoms with Gasteiger partial charge in [0, 0.05) is 7.05 Å². The van der Waals surface area contributed by atoms with E-state index in [1.54, 1.807) is 0 Å². The normalized spacial score (nSPS) is 10.9. The van der Waals surface area contributed by atoms with Crippen molar-refractivity contribution in [1.29, 1.82) is 0 Å². The molecule has 0 aromatic carbocycles. The lowest BCUT2D eigenvalue weighted by molar-refractivity contribution is 0.262. The number of nitrogens with one attached hydrogen (secondary N) is 1. The standard InChI is InChI=1S/C13H19N3O2/c1-9-13(10(2)16(4)15-9)17-8-12-6-5-11(18-12)7-14-3/h5-6,14H,7-8H2,1-4H3. The van der Waals surface area contributed by atoms with Gasteiger partial charge in [0.2, 0.25) is 0 Å². The fourth-order valence-corrected chi connectivity index (χ4v) is 1.88. The molecule has 5 heteroatoms. The molecular weight excluding hydrogens is 230 g/mol. The maximum absolute atomic E-state index is 5.77. The Morgan fingerprint density at radius 1 is 1.33 bits per heavy atom. The molecule has 2 aromatic heterocycles. The van der Waals surface area contributed by atoms with Crippen molar-refractivity contribution in [2.24, 2.45) is 7.05 Å². The smallest absolute Gasteiger partial charge is 0.163 e. The summed E-state index contributed by atoms with van der Waals surface area (Å²) in [4.78, 5) is 0. The van der Waals surface area contributed by atoms with Crippen molar-refractivity contribution in [3.8, 4) is 5.75 Å². The van der Waals surface area contributed by atoms with E-state index in [-0.39, 0.29) is 0 Å². The van der Waals surface area contributed by atoms with Crippen LogP contribution >= 0.6 is 0 Å².